The van der Waals surface area contributed by atoms with Crippen molar-refractivity contribution in [1.29, 1.82) is 0 Å². The van der Waals surface area contributed by atoms with Gasteiger partial charge in [-0.05, 0) is 43.2 Å². The fraction of sp³-hybridized carbons (Fsp3) is 0.300. The van der Waals surface area contributed by atoms with Crippen LogP contribution in [0.5, 0.6) is 11.5 Å². The lowest BCUT2D eigenvalue weighted by molar-refractivity contribution is -0.149. The van der Waals surface area contributed by atoms with E-state index in [1.54, 1.807) is 24.3 Å². The Balaban J connectivity index is 1.76. The van der Waals surface area contributed by atoms with E-state index in [2.05, 4.69) is 5.32 Å². The molecule has 0 radical (unpaired) electrons. The highest BCUT2D eigenvalue weighted by molar-refractivity contribution is 5.92. The molecule has 0 atom stereocenters. The number of benzene rings is 2. The van der Waals surface area contributed by atoms with Crippen molar-refractivity contribution in [3.63, 3.8) is 0 Å². The first-order valence-corrected chi connectivity index (χ1v) is 8.45. The van der Waals surface area contributed by atoms with Crippen LogP contribution in [0.1, 0.15) is 18.9 Å². The van der Waals surface area contributed by atoms with Crippen molar-refractivity contribution < 1.29 is 23.8 Å². The summed E-state index contributed by atoms with van der Waals surface area (Å²) in [7, 11) is 0. The Kier molecular flexibility index (Phi) is 7.49. The van der Waals surface area contributed by atoms with Crippen LogP contribution >= 0.6 is 0 Å². The minimum absolute atomic E-state index is 0.301. The van der Waals surface area contributed by atoms with Crippen LogP contribution in [0.15, 0.2) is 48.5 Å². The molecule has 0 saturated heterocycles. The van der Waals surface area contributed by atoms with Crippen molar-refractivity contribution in [3.8, 4) is 11.5 Å². The first-order valence-electron chi connectivity index (χ1n) is 8.45. The van der Waals surface area contributed by atoms with Crippen LogP contribution < -0.4 is 14.8 Å². The Hall–Kier alpha value is -3.02. The standard InChI is InChI=1S/C20H23NO5/c1-3-11-24-17-9-4-5-10-18(17)25-14-20(23)26-13-19(22)21-16-8-6-7-15(2)12-16/h4-10,12H,3,11,13-14H2,1-2H3,(H,21,22). The van der Waals surface area contributed by atoms with Gasteiger partial charge in [0.25, 0.3) is 5.91 Å². The zero-order valence-electron chi connectivity index (χ0n) is 15.0. The summed E-state index contributed by atoms with van der Waals surface area (Å²) in [5.41, 5.74) is 1.68. The van der Waals surface area contributed by atoms with Gasteiger partial charge in [0.15, 0.2) is 24.7 Å². The van der Waals surface area contributed by atoms with Gasteiger partial charge in [0.05, 0.1) is 6.61 Å². The molecule has 0 aliphatic heterocycles. The number of nitrogens with one attached hydrogen (secondary N) is 1. The SMILES string of the molecule is CCCOc1ccccc1OCC(=O)OCC(=O)Nc1cccc(C)c1. The summed E-state index contributed by atoms with van der Waals surface area (Å²) in [6.45, 7) is 3.82. The number of hydrogen-bond acceptors (Lipinski definition) is 5. The van der Waals surface area contributed by atoms with Crippen molar-refractivity contribution in [3.05, 3.63) is 54.1 Å². The highest BCUT2D eigenvalue weighted by Gasteiger charge is 2.11. The normalized spacial score (nSPS) is 10.1. The lowest BCUT2D eigenvalue weighted by Crippen LogP contribution is -2.23. The topological polar surface area (TPSA) is 73.9 Å². The molecule has 1 amide bonds. The van der Waals surface area contributed by atoms with E-state index in [9.17, 15) is 9.59 Å². The van der Waals surface area contributed by atoms with Crippen LogP contribution in [0.3, 0.4) is 0 Å². The number of carbonyl (C=O) groups excluding carboxylic acids is 2. The largest absolute Gasteiger partial charge is 0.490 e. The van der Waals surface area contributed by atoms with E-state index in [1.165, 1.54) is 0 Å². The molecule has 0 aliphatic rings. The van der Waals surface area contributed by atoms with Gasteiger partial charge in [-0.2, -0.15) is 0 Å². The summed E-state index contributed by atoms with van der Waals surface area (Å²) in [6.07, 6.45) is 0.867. The van der Waals surface area contributed by atoms with E-state index < -0.39 is 11.9 Å². The Morgan fingerprint density at radius 2 is 1.69 bits per heavy atom. The summed E-state index contributed by atoms with van der Waals surface area (Å²) < 4.78 is 15.9. The molecule has 0 heterocycles. The maximum Gasteiger partial charge on any atom is 0.344 e. The van der Waals surface area contributed by atoms with Gasteiger partial charge in [0.1, 0.15) is 0 Å². The molecule has 2 rings (SSSR count). The lowest BCUT2D eigenvalue weighted by Gasteiger charge is -2.12. The molecule has 0 aromatic heterocycles. The number of esters is 1. The smallest absolute Gasteiger partial charge is 0.344 e. The molecule has 0 bridgehead atoms. The van der Waals surface area contributed by atoms with E-state index in [0.717, 1.165) is 12.0 Å². The molecule has 6 nitrogen and oxygen atoms in total. The van der Waals surface area contributed by atoms with Crippen molar-refractivity contribution in [2.24, 2.45) is 0 Å². The fourth-order valence-corrected chi connectivity index (χ4v) is 2.14. The number of amides is 1. The first kappa shape index (κ1) is 19.3. The molecule has 0 spiro atoms. The number of anilines is 1. The predicted molar refractivity (Wildman–Crippen MR) is 98.5 cm³/mol. The van der Waals surface area contributed by atoms with E-state index >= 15 is 0 Å². The van der Waals surface area contributed by atoms with Crippen LogP contribution in [-0.4, -0.2) is 31.7 Å². The Morgan fingerprint density at radius 3 is 2.38 bits per heavy atom. The fourth-order valence-electron chi connectivity index (χ4n) is 2.14. The molecule has 2 aromatic rings. The van der Waals surface area contributed by atoms with Gasteiger partial charge in [-0.3, -0.25) is 4.79 Å². The number of ether oxygens (including phenoxy) is 3. The van der Waals surface area contributed by atoms with Gasteiger partial charge >= 0.3 is 5.97 Å². The summed E-state index contributed by atoms with van der Waals surface area (Å²) in [5, 5.41) is 2.67. The number of rotatable bonds is 9. The van der Waals surface area contributed by atoms with E-state index in [4.69, 9.17) is 14.2 Å². The molecule has 0 unspecified atom stereocenters. The second kappa shape index (κ2) is 10.1. The molecule has 2 aromatic carbocycles. The Bertz CT molecular complexity index is 744. The van der Waals surface area contributed by atoms with Gasteiger partial charge in [-0.1, -0.05) is 31.2 Å². The molecular formula is C20H23NO5. The average Bonchev–Trinajstić information content (AvgIpc) is 2.63. The molecule has 0 aliphatic carbocycles. The molecule has 0 fully saturated rings. The van der Waals surface area contributed by atoms with Gasteiger partial charge in [0, 0.05) is 5.69 Å². The highest BCUT2D eigenvalue weighted by Crippen LogP contribution is 2.26. The molecule has 138 valence electrons. The summed E-state index contributed by atoms with van der Waals surface area (Å²) in [6, 6.07) is 14.5. The lowest BCUT2D eigenvalue weighted by atomic mass is 10.2. The van der Waals surface area contributed by atoms with Crippen LogP contribution in [0.2, 0.25) is 0 Å². The third kappa shape index (κ3) is 6.47. The zero-order chi connectivity index (χ0) is 18.8. The maximum atomic E-state index is 11.8. The molecule has 1 N–H and O–H groups in total. The van der Waals surface area contributed by atoms with Crippen molar-refractivity contribution >= 4 is 17.6 Å². The quantitative estimate of drug-likeness (QED) is 0.697. The first-order chi connectivity index (χ1) is 12.6. The number of para-hydroxylation sites is 2. The molecular weight excluding hydrogens is 334 g/mol. The second-order valence-corrected chi connectivity index (χ2v) is 5.66. The van der Waals surface area contributed by atoms with Gasteiger partial charge < -0.3 is 19.5 Å². The Labute approximate surface area is 153 Å². The van der Waals surface area contributed by atoms with E-state index in [-0.39, 0.29) is 13.2 Å². The average molecular weight is 357 g/mol. The van der Waals surface area contributed by atoms with Gasteiger partial charge in [-0.25, -0.2) is 4.79 Å². The van der Waals surface area contributed by atoms with Gasteiger partial charge in [0.2, 0.25) is 0 Å². The number of aryl methyl sites for hydroxylation is 1. The van der Waals surface area contributed by atoms with Crippen LogP contribution in [0.4, 0.5) is 5.69 Å². The van der Waals surface area contributed by atoms with Gasteiger partial charge in [-0.15, -0.1) is 0 Å². The predicted octanol–water partition coefficient (Wildman–Crippen LogP) is 3.34. The molecule has 26 heavy (non-hydrogen) atoms. The molecule has 6 heteroatoms. The minimum atomic E-state index is -0.630. The maximum absolute atomic E-state index is 11.8. The van der Waals surface area contributed by atoms with Crippen LogP contribution in [-0.2, 0) is 14.3 Å². The van der Waals surface area contributed by atoms with E-state index in [0.29, 0.717) is 23.8 Å². The summed E-state index contributed by atoms with van der Waals surface area (Å²) in [5.74, 6) is -0.00762. The van der Waals surface area contributed by atoms with Crippen LogP contribution in [0, 0.1) is 6.92 Å². The number of hydrogen-bond donors (Lipinski definition) is 1. The van der Waals surface area contributed by atoms with Crippen molar-refractivity contribution in [2.75, 3.05) is 25.1 Å². The van der Waals surface area contributed by atoms with Crippen molar-refractivity contribution in [1.82, 2.24) is 0 Å². The van der Waals surface area contributed by atoms with Crippen LogP contribution in [0.25, 0.3) is 0 Å². The van der Waals surface area contributed by atoms with Crippen molar-refractivity contribution in [2.45, 2.75) is 20.3 Å². The minimum Gasteiger partial charge on any atom is -0.490 e. The monoisotopic (exact) mass is 357 g/mol. The Morgan fingerprint density at radius 1 is 0.962 bits per heavy atom. The van der Waals surface area contributed by atoms with E-state index in [1.807, 2.05) is 38.1 Å². The summed E-state index contributed by atoms with van der Waals surface area (Å²) in [4.78, 5) is 23.6. The summed E-state index contributed by atoms with van der Waals surface area (Å²) >= 11 is 0. The third-order valence-electron chi connectivity index (χ3n) is 3.32. The highest BCUT2D eigenvalue weighted by atomic mass is 16.6. The zero-order valence-corrected chi connectivity index (χ0v) is 15.0. The molecule has 0 saturated carbocycles. The third-order valence-corrected chi connectivity index (χ3v) is 3.32. The number of carbonyl (C=O) groups is 2. The second-order valence-electron chi connectivity index (χ2n) is 5.66.